The zero-order chi connectivity index (χ0) is 26.4. The first kappa shape index (κ1) is 27.1. The van der Waals surface area contributed by atoms with E-state index in [9.17, 15) is 26.3 Å². The fourth-order valence-electron chi connectivity index (χ4n) is 5.95. The molecule has 0 amide bonds. The Labute approximate surface area is 211 Å². The molecule has 0 aromatic heterocycles. The number of hydrogen-bond acceptors (Lipinski definition) is 6. The van der Waals surface area contributed by atoms with Crippen molar-refractivity contribution in [3.05, 3.63) is 35.9 Å². The van der Waals surface area contributed by atoms with Gasteiger partial charge in [-0.15, -0.1) is 0 Å². The first-order chi connectivity index (χ1) is 17.5. The summed E-state index contributed by atoms with van der Waals surface area (Å²) in [5.74, 6) is -1.58. The van der Waals surface area contributed by atoms with Gasteiger partial charge >= 0.3 is 12.4 Å². The van der Waals surface area contributed by atoms with Crippen LogP contribution in [-0.2, 0) is 20.8 Å². The van der Waals surface area contributed by atoms with Crippen LogP contribution >= 0.6 is 0 Å². The zero-order valence-corrected chi connectivity index (χ0v) is 20.4. The number of fused-ring (bicyclic) bond motifs is 6. The number of halogens is 6. The molecule has 6 nitrogen and oxygen atoms in total. The van der Waals surface area contributed by atoms with Crippen LogP contribution in [0.4, 0.5) is 26.3 Å². The molecule has 4 bridgehead atoms. The van der Waals surface area contributed by atoms with Gasteiger partial charge in [0.1, 0.15) is 12.5 Å². The molecule has 37 heavy (non-hydrogen) atoms. The molecule has 208 valence electrons. The molecule has 7 unspecified atom stereocenters. The van der Waals surface area contributed by atoms with Crippen LogP contribution in [0.15, 0.2) is 30.3 Å². The second-order valence-electron chi connectivity index (χ2n) is 10.8. The zero-order valence-electron chi connectivity index (χ0n) is 20.4. The molecule has 3 aliphatic heterocycles. The minimum absolute atomic E-state index is 0.0201. The Morgan fingerprint density at radius 2 is 1.68 bits per heavy atom. The number of piperidine rings is 1. The second kappa shape index (κ2) is 10.3. The van der Waals surface area contributed by atoms with Crippen molar-refractivity contribution in [2.24, 2.45) is 17.8 Å². The maximum absolute atomic E-state index is 14.8. The third kappa shape index (κ3) is 5.79. The first-order valence-corrected chi connectivity index (χ1v) is 12.9. The fraction of sp³-hybridized carbons (Fsp3) is 0.760. The summed E-state index contributed by atoms with van der Waals surface area (Å²) in [7, 11) is 0. The van der Waals surface area contributed by atoms with Gasteiger partial charge in [0, 0.05) is 0 Å². The molecule has 1 aromatic carbocycles. The van der Waals surface area contributed by atoms with Crippen LogP contribution in [0.25, 0.3) is 0 Å². The monoisotopic (exact) mass is 537 g/mol. The Morgan fingerprint density at radius 3 is 2.38 bits per heavy atom. The maximum atomic E-state index is 14.8. The normalized spacial score (nSPS) is 41.1. The molecule has 3 heterocycles. The Kier molecular flexibility index (Phi) is 7.53. The molecule has 4 fully saturated rings. The van der Waals surface area contributed by atoms with Gasteiger partial charge in [0.15, 0.2) is 6.23 Å². The molecule has 4 aliphatic rings. The minimum atomic E-state index is -4.77. The van der Waals surface area contributed by atoms with E-state index < -0.39 is 54.7 Å². The van der Waals surface area contributed by atoms with E-state index in [1.54, 1.807) is 37.3 Å². The van der Waals surface area contributed by atoms with Crippen LogP contribution in [-0.4, -0.2) is 48.8 Å². The highest BCUT2D eigenvalue weighted by molar-refractivity contribution is 5.14. The average Bonchev–Trinajstić information content (AvgIpc) is 3.36. The number of hydrogen-bond donors (Lipinski definition) is 3. The van der Waals surface area contributed by atoms with E-state index in [0.717, 1.165) is 0 Å². The summed E-state index contributed by atoms with van der Waals surface area (Å²) in [6.45, 7) is 1.47. The Bertz CT molecular complexity index is 919. The lowest BCUT2D eigenvalue weighted by Crippen LogP contribution is -2.61. The summed E-state index contributed by atoms with van der Waals surface area (Å²) in [5.41, 5.74) is 3.31. The molecule has 1 aliphatic carbocycles. The van der Waals surface area contributed by atoms with E-state index in [4.69, 9.17) is 14.2 Å². The minimum Gasteiger partial charge on any atom is -0.360 e. The van der Waals surface area contributed by atoms with Gasteiger partial charge in [-0.2, -0.15) is 26.3 Å². The summed E-state index contributed by atoms with van der Waals surface area (Å²) in [5, 5.41) is 2.88. The number of hydrazine groups is 1. The SMILES string of the molecule is C[C@@H]1CC2CC2CC[C@](OCc2ccccc2)(C(F)(F)F)C2NNC(O2)C2CCC(C(F)(F)F)C(N2)O1. The highest BCUT2D eigenvalue weighted by atomic mass is 19.4. The fourth-order valence-corrected chi connectivity index (χ4v) is 5.95. The van der Waals surface area contributed by atoms with Crippen LogP contribution in [0, 0.1) is 17.8 Å². The first-order valence-electron chi connectivity index (χ1n) is 12.9. The van der Waals surface area contributed by atoms with E-state index in [-0.39, 0.29) is 44.1 Å². The molecule has 1 saturated carbocycles. The maximum Gasteiger partial charge on any atom is 0.421 e. The van der Waals surface area contributed by atoms with Crippen LogP contribution in [0.5, 0.6) is 0 Å². The van der Waals surface area contributed by atoms with Gasteiger partial charge in [0.2, 0.25) is 5.60 Å². The van der Waals surface area contributed by atoms with Gasteiger partial charge < -0.3 is 14.2 Å². The number of nitrogens with one attached hydrogen (secondary N) is 3. The number of benzene rings is 1. The molecule has 12 heteroatoms. The molecular weight excluding hydrogens is 504 g/mol. The largest absolute Gasteiger partial charge is 0.421 e. The Morgan fingerprint density at radius 1 is 0.919 bits per heavy atom. The van der Waals surface area contributed by atoms with E-state index >= 15 is 0 Å². The predicted octanol–water partition coefficient (Wildman–Crippen LogP) is 4.76. The van der Waals surface area contributed by atoms with Crippen molar-refractivity contribution < 1.29 is 40.6 Å². The molecule has 5 rings (SSSR count). The Hall–Kier alpha value is -1.44. The van der Waals surface area contributed by atoms with Gasteiger partial charge in [-0.1, -0.05) is 30.3 Å². The van der Waals surface area contributed by atoms with E-state index in [0.29, 0.717) is 18.4 Å². The number of rotatable bonds is 3. The summed E-state index contributed by atoms with van der Waals surface area (Å²) in [6, 6.07) is 7.92. The van der Waals surface area contributed by atoms with Gasteiger partial charge in [0.05, 0.1) is 24.7 Å². The van der Waals surface area contributed by atoms with Gasteiger partial charge in [-0.05, 0) is 62.8 Å². The molecule has 0 radical (unpaired) electrons. The summed E-state index contributed by atoms with van der Waals surface area (Å²) in [4.78, 5) is 0. The Balaban J connectivity index is 1.42. The smallest absolute Gasteiger partial charge is 0.360 e. The van der Waals surface area contributed by atoms with Crippen LogP contribution in [0.1, 0.15) is 51.0 Å². The van der Waals surface area contributed by atoms with Crippen LogP contribution < -0.4 is 16.2 Å². The van der Waals surface area contributed by atoms with Crippen molar-refractivity contribution in [3.63, 3.8) is 0 Å². The van der Waals surface area contributed by atoms with Gasteiger partial charge in [-0.3, -0.25) is 5.32 Å². The lowest BCUT2D eigenvalue weighted by molar-refractivity contribution is -0.321. The summed E-state index contributed by atoms with van der Waals surface area (Å²) >= 11 is 0. The average molecular weight is 538 g/mol. The second-order valence-corrected chi connectivity index (χ2v) is 10.8. The van der Waals surface area contributed by atoms with E-state index in [1.165, 1.54) is 0 Å². The highest BCUT2D eigenvalue weighted by Gasteiger charge is 2.64. The third-order valence-electron chi connectivity index (χ3n) is 8.17. The standard InChI is InChI=1S/C25H33F6N3O3/c1-14-11-17-12-16(17)9-10-23(25(29,30)31,35-13-15-5-3-2-4-6-15)22-34-33-21(37-22)19-8-7-18(24(26,27)28)20(32-19)36-14/h2-6,14,16-22,32-34H,7-13H2,1H3/t14-,16?,17?,18?,19?,20?,21?,22?,23-/m1/s1. The quantitative estimate of drug-likeness (QED) is 0.484. The number of ether oxygens (including phenoxy) is 3. The topological polar surface area (TPSA) is 63.8 Å². The molecule has 9 atom stereocenters. The van der Waals surface area contributed by atoms with Crippen molar-refractivity contribution in [2.45, 2.75) is 101 Å². The lowest BCUT2D eigenvalue weighted by Gasteiger charge is -2.42. The van der Waals surface area contributed by atoms with Crippen molar-refractivity contribution >= 4 is 0 Å². The molecular formula is C25H33F6N3O3. The van der Waals surface area contributed by atoms with Crippen molar-refractivity contribution in [3.8, 4) is 0 Å². The number of alkyl halides is 6. The molecule has 3 saturated heterocycles. The lowest BCUT2D eigenvalue weighted by atomic mass is 9.90. The molecule has 0 spiro atoms. The highest BCUT2D eigenvalue weighted by Crippen LogP contribution is 2.50. The summed E-state index contributed by atoms with van der Waals surface area (Å²) in [6.07, 6.45) is -12.6. The van der Waals surface area contributed by atoms with Crippen LogP contribution in [0.2, 0.25) is 0 Å². The predicted molar refractivity (Wildman–Crippen MR) is 120 cm³/mol. The van der Waals surface area contributed by atoms with Crippen LogP contribution in [0.3, 0.4) is 0 Å². The molecule has 3 N–H and O–H groups in total. The van der Waals surface area contributed by atoms with E-state index in [1.807, 2.05) is 0 Å². The summed E-state index contributed by atoms with van der Waals surface area (Å²) < 4.78 is 103. The van der Waals surface area contributed by atoms with Gasteiger partial charge in [0.25, 0.3) is 0 Å². The van der Waals surface area contributed by atoms with Crippen molar-refractivity contribution in [1.29, 1.82) is 0 Å². The molecule has 1 aromatic rings. The third-order valence-corrected chi connectivity index (χ3v) is 8.17. The van der Waals surface area contributed by atoms with E-state index in [2.05, 4.69) is 16.2 Å². The van der Waals surface area contributed by atoms with Crippen molar-refractivity contribution in [1.82, 2.24) is 16.2 Å². The van der Waals surface area contributed by atoms with Gasteiger partial charge in [-0.25, -0.2) is 10.9 Å². The van der Waals surface area contributed by atoms with Crippen molar-refractivity contribution in [2.75, 3.05) is 0 Å².